The number of anilines is 1. The van der Waals surface area contributed by atoms with Crippen LogP contribution in [0.2, 0.25) is 10.0 Å². The van der Waals surface area contributed by atoms with Crippen molar-refractivity contribution in [1.82, 2.24) is 0 Å². The van der Waals surface area contributed by atoms with E-state index in [-0.39, 0.29) is 5.91 Å². The van der Waals surface area contributed by atoms with Gasteiger partial charge in [-0.25, -0.2) is 0 Å². The number of ether oxygens (including phenoxy) is 1. The van der Waals surface area contributed by atoms with Crippen molar-refractivity contribution in [1.29, 1.82) is 5.26 Å². The van der Waals surface area contributed by atoms with Crippen molar-refractivity contribution in [3.63, 3.8) is 0 Å². The minimum Gasteiger partial charge on any atom is -0.492 e. The molecule has 1 N–H and O–H groups in total. The van der Waals surface area contributed by atoms with Gasteiger partial charge in [0.2, 0.25) is 5.91 Å². The topological polar surface area (TPSA) is 62.1 Å². The van der Waals surface area contributed by atoms with Gasteiger partial charge in [0.15, 0.2) is 0 Å². The Balaban J connectivity index is 1.94. The Kier molecular flexibility index (Phi) is 6.49. The van der Waals surface area contributed by atoms with E-state index in [0.717, 1.165) is 37.7 Å². The van der Waals surface area contributed by atoms with E-state index in [2.05, 4.69) is 11.4 Å². The number of benzene rings is 2. The van der Waals surface area contributed by atoms with Gasteiger partial charge in [0.05, 0.1) is 17.6 Å². The first-order valence-corrected chi connectivity index (χ1v) is 10.2. The van der Waals surface area contributed by atoms with Crippen molar-refractivity contribution in [2.45, 2.75) is 44.4 Å². The summed E-state index contributed by atoms with van der Waals surface area (Å²) in [6.45, 7) is 2.33. The predicted molar refractivity (Wildman–Crippen MR) is 112 cm³/mol. The molecule has 1 saturated carbocycles. The summed E-state index contributed by atoms with van der Waals surface area (Å²) in [5, 5.41) is 13.4. The van der Waals surface area contributed by atoms with Crippen molar-refractivity contribution < 1.29 is 9.53 Å². The van der Waals surface area contributed by atoms with E-state index in [1.54, 1.807) is 30.3 Å². The molecule has 1 aliphatic carbocycles. The first-order chi connectivity index (χ1) is 13.5. The summed E-state index contributed by atoms with van der Waals surface area (Å²) in [5.74, 6) is 0.403. The fourth-order valence-electron chi connectivity index (χ4n) is 3.88. The molecule has 1 aliphatic rings. The molecule has 0 aromatic heterocycles. The number of nitrogens with one attached hydrogen (secondary N) is 1. The molecule has 0 aliphatic heterocycles. The summed E-state index contributed by atoms with van der Waals surface area (Å²) < 4.78 is 5.46. The van der Waals surface area contributed by atoms with Crippen molar-refractivity contribution in [2.24, 2.45) is 0 Å². The lowest BCUT2D eigenvalue weighted by atomic mass is 9.68. The molecule has 146 valence electrons. The van der Waals surface area contributed by atoms with Gasteiger partial charge in [0.1, 0.15) is 11.8 Å². The van der Waals surface area contributed by atoms with Crippen molar-refractivity contribution in [3.8, 4) is 11.8 Å². The highest BCUT2D eigenvalue weighted by Crippen LogP contribution is 2.44. The third-order valence-electron chi connectivity index (χ3n) is 5.25. The molecule has 2 aromatic rings. The van der Waals surface area contributed by atoms with Gasteiger partial charge >= 0.3 is 0 Å². The van der Waals surface area contributed by atoms with E-state index in [9.17, 15) is 10.1 Å². The fourth-order valence-corrected chi connectivity index (χ4v) is 4.47. The van der Waals surface area contributed by atoms with Gasteiger partial charge in [0, 0.05) is 15.7 Å². The standard InChI is InChI=1S/C22H22Cl2N2O2/c1-2-28-20-9-7-17(12-15(20)14-25)26-21(27)22(10-4-3-5-11-22)18-8-6-16(23)13-19(18)24/h6-9,12-13H,2-5,10-11H2,1H3,(H,26,27). The van der Waals surface area contributed by atoms with E-state index in [1.807, 2.05) is 13.0 Å². The molecule has 0 spiro atoms. The molecule has 0 atom stereocenters. The lowest BCUT2D eigenvalue weighted by Crippen LogP contribution is -2.42. The molecular formula is C22H22Cl2N2O2. The Morgan fingerprint density at radius 2 is 1.93 bits per heavy atom. The van der Waals surface area contributed by atoms with E-state index in [0.29, 0.717) is 33.7 Å². The number of carbonyl (C=O) groups excluding carboxylic acids is 1. The van der Waals surface area contributed by atoms with E-state index in [1.165, 1.54) is 0 Å². The molecule has 0 saturated heterocycles. The maximum absolute atomic E-state index is 13.4. The summed E-state index contributed by atoms with van der Waals surface area (Å²) >= 11 is 12.5. The zero-order chi connectivity index (χ0) is 20.1. The van der Waals surface area contributed by atoms with Crippen LogP contribution in [0.25, 0.3) is 0 Å². The highest BCUT2D eigenvalue weighted by molar-refractivity contribution is 6.35. The van der Waals surface area contributed by atoms with Crippen LogP contribution in [-0.2, 0) is 10.2 Å². The molecule has 28 heavy (non-hydrogen) atoms. The van der Waals surface area contributed by atoms with Crippen LogP contribution < -0.4 is 10.1 Å². The Labute approximate surface area is 175 Å². The van der Waals surface area contributed by atoms with Crippen LogP contribution in [-0.4, -0.2) is 12.5 Å². The minimum absolute atomic E-state index is 0.107. The van der Waals surface area contributed by atoms with Gasteiger partial charge in [0.25, 0.3) is 0 Å². The van der Waals surface area contributed by atoms with Crippen LogP contribution in [0.3, 0.4) is 0 Å². The Bertz CT molecular complexity index is 915. The quantitative estimate of drug-likeness (QED) is 0.639. The molecule has 0 radical (unpaired) electrons. The zero-order valence-corrected chi connectivity index (χ0v) is 17.2. The third kappa shape index (κ3) is 4.11. The van der Waals surface area contributed by atoms with Crippen LogP contribution >= 0.6 is 23.2 Å². The Hall–Kier alpha value is -2.22. The fraction of sp³-hybridized carbons (Fsp3) is 0.364. The molecular weight excluding hydrogens is 395 g/mol. The van der Waals surface area contributed by atoms with Gasteiger partial charge in [-0.2, -0.15) is 5.26 Å². The van der Waals surface area contributed by atoms with Crippen LogP contribution in [0, 0.1) is 11.3 Å². The molecule has 0 bridgehead atoms. The summed E-state index contributed by atoms with van der Waals surface area (Å²) in [7, 11) is 0. The monoisotopic (exact) mass is 416 g/mol. The normalized spacial score (nSPS) is 15.5. The van der Waals surface area contributed by atoms with E-state index in [4.69, 9.17) is 27.9 Å². The first kappa shape index (κ1) is 20.5. The number of rotatable bonds is 5. The largest absolute Gasteiger partial charge is 0.492 e. The average Bonchev–Trinajstić information content (AvgIpc) is 2.69. The number of nitriles is 1. The van der Waals surface area contributed by atoms with Crippen molar-refractivity contribution >= 4 is 34.8 Å². The lowest BCUT2D eigenvalue weighted by molar-refractivity contribution is -0.122. The lowest BCUT2D eigenvalue weighted by Gasteiger charge is -2.37. The van der Waals surface area contributed by atoms with E-state index < -0.39 is 5.41 Å². The predicted octanol–water partition coefficient (Wildman–Crippen LogP) is 6.10. The SMILES string of the molecule is CCOc1ccc(NC(=O)C2(c3ccc(Cl)cc3Cl)CCCCC2)cc1C#N. The number of hydrogen-bond acceptors (Lipinski definition) is 3. The number of nitrogens with zero attached hydrogens (tertiary/aromatic N) is 1. The van der Waals surface area contributed by atoms with Crippen LogP contribution in [0.1, 0.15) is 50.2 Å². The number of halogens is 2. The highest BCUT2D eigenvalue weighted by atomic mass is 35.5. The minimum atomic E-state index is -0.703. The van der Waals surface area contributed by atoms with Crippen LogP contribution in [0.5, 0.6) is 5.75 Å². The second-order valence-electron chi connectivity index (χ2n) is 6.98. The molecule has 6 heteroatoms. The summed E-state index contributed by atoms with van der Waals surface area (Å²) in [6, 6.07) is 12.5. The molecule has 1 fully saturated rings. The van der Waals surface area contributed by atoms with Crippen LogP contribution in [0.15, 0.2) is 36.4 Å². The maximum atomic E-state index is 13.4. The van der Waals surface area contributed by atoms with Gasteiger partial charge in [-0.15, -0.1) is 0 Å². The van der Waals surface area contributed by atoms with E-state index >= 15 is 0 Å². The zero-order valence-electron chi connectivity index (χ0n) is 15.7. The van der Waals surface area contributed by atoms with Crippen LogP contribution in [0.4, 0.5) is 5.69 Å². The average molecular weight is 417 g/mol. The van der Waals surface area contributed by atoms with Gasteiger partial charge in [-0.05, 0) is 55.7 Å². The number of hydrogen-bond donors (Lipinski definition) is 1. The van der Waals surface area contributed by atoms with Gasteiger partial charge < -0.3 is 10.1 Å². The number of carbonyl (C=O) groups is 1. The number of amides is 1. The van der Waals surface area contributed by atoms with Crippen molar-refractivity contribution in [2.75, 3.05) is 11.9 Å². The summed E-state index contributed by atoms with van der Waals surface area (Å²) in [4.78, 5) is 13.4. The molecule has 3 rings (SSSR count). The highest BCUT2D eigenvalue weighted by Gasteiger charge is 2.42. The Morgan fingerprint density at radius 1 is 1.18 bits per heavy atom. The smallest absolute Gasteiger partial charge is 0.235 e. The second kappa shape index (κ2) is 8.86. The molecule has 0 heterocycles. The maximum Gasteiger partial charge on any atom is 0.235 e. The summed E-state index contributed by atoms with van der Waals surface area (Å²) in [5.41, 5.74) is 1.06. The first-order valence-electron chi connectivity index (χ1n) is 9.44. The molecule has 4 nitrogen and oxygen atoms in total. The molecule has 1 amide bonds. The molecule has 2 aromatic carbocycles. The molecule has 0 unspecified atom stereocenters. The summed E-state index contributed by atoms with van der Waals surface area (Å²) in [6.07, 6.45) is 4.46. The second-order valence-corrected chi connectivity index (χ2v) is 7.82. The Morgan fingerprint density at radius 3 is 2.57 bits per heavy atom. The third-order valence-corrected chi connectivity index (χ3v) is 5.79. The van der Waals surface area contributed by atoms with Crippen molar-refractivity contribution in [3.05, 3.63) is 57.6 Å². The van der Waals surface area contributed by atoms with Gasteiger partial charge in [-0.3, -0.25) is 4.79 Å². The van der Waals surface area contributed by atoms with Gasteiger partial charge in [-0.1, -0.05) is 48.5 Å².